The third kappa shape index (κ3) is 2.49. The maximum absolute atomic E-state index is 11.6. The summed E-state index contributed by atoms with van der Waals surface area (Å²) in [7, 11) is 3.54. The van der Waals surface area contributed by atoms with Crippen LogP contribution in [0, 0.1) is 0 Å². The van der Waals surface area contributed by atoms with Crippen molar-refractivity contribution in [2.45, 2.75) is 0 Å². The second kappa shape index (κ2) is 4.77. The Morgan fingerprint density at radius 1 is 0.812 bits per heavy atom. The molecule has 2 fully saturated rings. The molecule has 92 valence electrons. The van der Waals surface area contributed by atoms with Crippen molar-refractivity contribution in [2.75, 3.05) is 47.2 Å². The Morgan fingerprint density at radius 2 is 1.19 bits per heavy atom. The van der Waals surface area contributed by atoms with Gasteiger partial charge >= 0.3 is 0 Å². The predicted octanol–water partition coefficient (Wildman–Crippen LogP) is -2.42. The Bertz CT molecular complexity index is 268. The molecule has 2 aliphatic rings. The number of fused-ring (bicyclic) bond motifs is 2. The minimum absolute atomic E-state index is 0. The van der Waals surface area contributed by atoms with E-state index < -0.39 is 0 Å². The maximum Gasteiger partial charge on any atom is 0.237 e. The zero-order valence-corrected chi connectivity index (χ0v) is 9.64. The Labute approximate surface area is 94.5 Å². The maximum atomic E-state index is 11.6. The molecule has 0 aromatic carbocycles. The fourth-order valence-corrected chi connectivity index (χ4v) is 1.95. The van der Waals surface area contributed by atoms with Gasteiger partial charge in [0.05, 0.1) is 33.1 Å². The summed E-state index contributed by atoms with van der Waals surface area (Å²) in [5, 5.41) is 0. The number of carbonyl (C=O) groups is 2. The average molecular weight is 230 g/mol. The van der Waals surface area contributed by atoms with Gasteiger partial charge in [0.2, 0.25) is 11.8 Å². The zero-order valence-electron chi connectivity index (χ0n) is 9.64. The lowest BCUT2D eigenvalue weighted by atomic mass is 10.4. The van der Waals surface area contributed by atoms with E-state index in [1.165, 1.54) is 0 Å². The molecule has 2 N–H and O–H groups in total. The van der Waals surface area contributed by atoms with Gasteiger partial charge in [0.1, 0.15) is 0 Å². The van der Waals surface area contributed by atoms with Crippen molar-refractivity contribution in [1.82, 2.24) is 19.6 Å². The van der Waals surface area contributed by atoms with E-state index in [1.54, 1.807) is 23.9 Å². The van der Waals surface area contributed by atoms with E-state index in [1.807, 2.05) is 9.80 Å². The summed E-state index contributed by atoms with van der Waals surface area (Å²) >= 11 is 0. The second-order valence-corrected chi connectivity index (χ2v) is 4.27. The summed E-state index contributed by atoms with van der Waals surface area (Å²) in [6.45, 7) is 2.55. The largest absolute Gasteiger partial charge is 0.412 e. The molecule has 0 aliphatic carbocycles. The zero-order chi connectivity index (χ0) is 11.0. The van der Waals surface area contributed by atoms with Crippen molar-refractivity contribution in [3.8, 4) is 0 Å². The van der Waals surface area contributed by atoms with Crippen molar-refractivity contribution in [3.05, 3.63) is 0 Å². The van der Waals surface area contributed by atoms with Crippen LogP contribution >= 0.6 is 0 Å². The van der Waals surface area contributed by atoms with Gasteiger partial charge in [-0.05, 0) is 0 Å². The molecule has 2 unspecified atom stereocenters. The fraction of sp³-hybridized carbons (Fsp3) is 0.778. The standard InChI is InChI=1S/C9H16N4O2.H2O/c1-10-5-12-4-9(15)11(2)6-13(7-12)3-8(10)14;/h3-7H2,1-2H3;1H2. The highest BCUT2D eigenvalue weighted by molar-refractivity contribution is 5.80. The van der Waals surface area contributed by atoms with Gasteiger partial charge in [-0.1, -0.05) is 0 Å². The van der Waals surface area contributed by atoms with Crippen LogP contribution in [0.4, 0.5) is 0 Å². The SMILES string of the molecule is CN1CN2CC(=O)N(C)CN(CC1=O)C2.O. The second-order valence-electron chi connectivity index (χ2n) is 4.27. The average Bonchev–Trinajstić information content (AvgIpc) is 2.34. The molecule has 0 aromatic heterocycles. The van der Waals surface area contributed by atoms with Crippen LogP contribution in [0.3, 0.4) is 0 Å². The minimum atomic E-state index is 0. The minimum Gasteiger partial charge on any atom is -0.412 e. The highest BCUT2D eigenvalue weighted by atomic mass is 16.2. The number of amides is 2. The molecule has 7 heteroatoms. The molecule has 2 aliphatic heterocycles. The number of nitrogens with zero attached hydrogens (tertiary/aromatic N) is 4. The first-order chi connectivity index (χ1) is 7.06. The van der Waals surface area contributed by atoms with Gasteiger partial charge in [-0.2, -0.15) is 0 Å². The van der Waals surface area contributed by atoms with Crippen molar-refractivity contribution in [2.24, 2.45) is 0 Å². The molecule has 2 atom stereocenters. The van der Waals surface area contributed by atoms with E-state index in [-0.39, 0.29) is 17.3 Å². The third-order valence-electron chi connectivity index (χ3n) is 2.79. The molecule has 0 aromatic rings. The van der Waals surface area contributed by atoms with Gasteiger partial charge in [-0.25, -0.2) is 0 Å². The summed E-state index contributed by atoms with van der Waals surface area (Å²) in [4.78, 5) is 30.5. The van der Waals surface area contributed by atoms with Crippen LogP contribution in [-0.4, -0.2) is 84.1 Å². The lowest BCUT2D eigenvalue weighted by Crippen LogP contribution is -2.43. The Hall–Kier alpha value is -1.18. The Balaban J connectivity index is 0.00000128. The van der Waals surface area contributed by atoms with Crippen LogP contribution in [0.2, 0.25) is 0 Å². The lowest BCUT2D eigenvalue weighted by Gasteiger charge is -2.23. The van der Waals surface area contributed by atoms with Gasteiger partial charge in [0, 0.05) is 14.1 Å². The summed E-state index contributed by atoms with van der Waals surface area (Å²) in [5.74, 6) is 0.223. The summed E-state index contributed by atoms with van der Waals surface area (Å²) in [5.41, 5.74) is 0. The summed E-state index contributed by atoms with van der Waals surface area (Å²) in [6.07, 6.45) is 0. The summed E-state index contributed by atoms with van der Waals surface area (Å²) in [6, 6.07) is 0. The Kier molecular flexibility index (Phi) is 3.84. The van der Waals surface area contributed by atoms with E-state index in [0.717, 1.165) is 0 Å². The van der Waals surface area contributed by atoms with Crippen molar-refractivity contribution < 1.29 is 15.1 Å². The molecule has 0 saturated carbocycles. The van der Waals surface area contributed by atoms with Crippen molar-refractivity contribution in [1.29, 1.82) is 0 Å². The van der Waals surface area contributed by atoms with E-state index in [0.29, 0.717) is 33.1 Å². The van der Waals surface area contributed by atoms with Crippen LogP contribution < -0.4 is 0 Å². The number of hydrogen-bond donors (Lipinski definition) is 0. The molecule has 16 heavy (non-hydrogen) atoms. The molecule has 7 nitrogen and oxygen atoms in total. The van der Waals surface area contributed by atoms with Crippen LogP contribution in [-0.2, 0) is 9.59 Å². The molecular weight excluding hydrogens is 212 g/mol. The molecule has 2 amide bonds. The highest BCUT2D eigenvalue weighted by Gasteiger charge is 2.29. The van der Waals surface area contributed by atoms with E-state index in [9.17, 15) is 9.59 Å². The van der Waals surface area contributed by atoms with E-state index >= 15 is 0 Å². The lowest BCUT2D eigenvalue weighted by molar-refractivity contribution is -0.136. The van der Waals surface area contributed by atoms with Crippen molar-refractivity contribution >= 4 is 11.8 Å². The van der Waals surface area contributed by atoms with Crippen LogP contribution in [0.15, 0.2) is 0 Å². The van der Waals surface area contributed by atoms with Crippen molar-refractivity contribution in [3.63, 3.8) is 0 Å². The first-order valence-corrected chi connectivity index (χ1v) is 4.99. The molecule has 0 radical (unpaired) electrons. The van der Waals surface area contributed by atoms with Crippen LogP contribution in [0.5, 0.6) is 0 Å². The fourth-order valence-electron chi connectivity index (χ4n) is 1.95. The molecule has 2 heterocycles. The van der Waals surface area contributed by atoms with Gasteiger partial charge in [-0.3, -0.25) is 19.4 Å². The quantitative estimate of drug-likeness (QED) is 0.464. The van der Waals surface area contributed by atoms with E-state index in [2.05, 4.69) is 0 Å². The molecule has 2 bridgehead atoms. The smallest absolute Gasteiger partial charge is 0.237 e. The summed E-state index contributed by atoms with van der Waals surface area (Å²) < 4.78 is 0. The monoisotopic (exact) mass is 230 g/mol. The first-order valence-electron chi connectivity index (χ1n) is 4.99. The predicted molar refractivity (Wildman–Crippen MR) is 57.2 cm³/mol. The highest BCUT2D eigenvalue weighted by Crippen LogP contribution is 2.09. The number of hydrogen-bond acceptors (Lipinski definition) is 4. The molecule has 2 rings (SSSR count). The third-order valence-corrected chi connectivity index (χ3v) is 2.79. The number of rotatable bonds is 0. The van der Waals surface area contributed by atoms with Gasteiger partial charge in [0.25, 0.3) is 0 Å². The Morgan fingerprint density at radius 3 is 1.56 bits per heavy atom. The normalized spacial score (nSPS) is 30.6. The number of carbonyl (C=O) groups excluding carboxylic acids is 2. The van der Waals surface area contributed by atoms with Gasteiger partial charge in [-0.15, -0.1) is 0 Å². The van der Waals surface area contributed by atoms with Crippen LogP contribution in [0.1, 0.15) is 0 Å². The molecule has 0 spiro atoms. The van der Waals surface area contributed by atoms with Crippen LogP contribution in [0.25, 0.3) is 0 Å². The number of likely N-dealkylation sites (N-methyl/N-ethyl adjacent to an activating group) is 2. The molecular formula is C9H18N4O3. The van der Waals surface area contributed by atoms with E-state index in [4.69, 9.17) is 0 Å². The topological polar surface area (TPSA) is 78.6 Å². The molecule has 2 saturated heterocycles. The van der Waals surface area contributed by atoms with Gasteiger partial charge in [0.15, 0.2) is 0 Å². The first kappa shape index (κ1) is 12.9. The van der Waals surface area contributed by atoms with Gasteiger partial charge < -0.3 is 15.3 Å².